The van der Waals surface area contributed by atoms with Crippen molar-refractivity contribution in [2.75, 3.05) is 29.9 Å². The van der Waals surface area contributed by atoms with Gasteiger partial charge in [-0.05, 0) is 20.3 Å². The summed E-state index contributed by atoms with van der Waals surface area (Å²) in [6.07, 6.45) is 1.86. The van der Waals surface area contributed by atoms with E-state index in [2.05, 4.69) is 15.3 Å². The Hall–Kier alpha value is -1.96. The first-order valence-corrected chi connectivity index (χ1v) is 6.15. The highest BCUT2D eigenvalue weighted by Gasteiger charge is 2.36. The molecule has 0 radical (unpaired) electrons. The van der Waals surface area contributed by atoms with Crippen molar-refractivity contribution in [2.45, 2.75) is 25.9 Å². The highest BCUT2D eigenvalue weighted by Crippen LogP contribution is 2.35. The lowest BCUT2D eigenvalue weighted by Gasteiger charge is -2.20. The molecule has 0 bridgehead atoms. The Morgan fingerprint density at radius 1 is 1.63 bits per heavy atom. The third-order valence-corrected chi connectivity index (χ3v) is 3.08. The second-order valence-electron chi connectivity index (χ2n) is 4.85. The minimum atomic E-state index is -0.836. The summed E-state index contributed by atoms with van der Waals surface area (Å²) < 4.78 is 0. The predicted octanol–water partition coefficient (Wildman–Crippen LogP) is 0.778. The van der Waals surface area contributed by atoms with Crippen LogP contribution in [-0.4, -0.2) is 45.2 Å². The first kappa shape index (κ1) is 13.5. The van der Waals surface area contributed by atoms with Crippen molar-refractivity contribution in [1.82, 2.24) is 9.97 Å². The number of nitrogens with zero attached hydrogens (tertiary/aromatic N) is 4. The van der Waals surface area contributed by atoms with Gasteiger partial charge in [-0.2, -0.15) is 0 Å². The average Bonchev–Trinajstić information content (AvgIpc) is 2.69. The monoisotopic (exact) mass is 267 g/mol. The Balaban J connectivity index is 2.40. The molecule has 0 aliphatic carbocycles. The molecule has 2 N–H and O–H groups in total. The first-order valence-electron chi connectivity index (χ1n) is 6.15. The molecule has 19 heavy (non-hydrogen) atoms. The van der Waals surface area contributed by atoms with Gasteiger partial charge in [0.15, 0.2) is 0 Å². The van der Waals surface area contributed by atoms with E-state index in [-0.39, 0.29) is 17.3 Å². The number of aliphatic hydroxyl groups is 1. The van der Waals surface area contributed by atoms with Gasteiger partial charge in [0, 0.05) is 19.6 Å². The molecule has 0 amide bonds. The fourth-order valence-electron chi connectivity index (χ4n) is 2.19. The molecule has 0 saturated carbocycles. The van der Waals surface area contributed by atoms with E-state index in [4.69, 9.17) is 0 Å². The van der Waals surface area contributed by atoms with Gasteiger partial charge in [-0.3, -0.25) is 10.1 Å². The molecule has 1 aliphatic heterocycles. The second kappa shape index (κ2) is 4.96. The second-order valence-corrected chi connectivity index (χ2v) is 4.85. The van der Waals surface area contributed by atoms with Gasteiger partial charge >= 0.3 is 5.69 Å². The lowest BCUT2D eigenvalue weighted by atomic mass is 10.1. The molecule has 0 aromatic carbocycles. The maximum Gasteiger partial charge on any atom is 0.353 e. The van der Waals surface area contributed by atoms with E-state index < -0.39 is 10.5 Å². The van der Waals surface area contributed by atoms with Crippen LogP contribution in [0.15, 0.2) is 6.33 Å². The van der Waals surface area contributed by atoms with Gasteiger partial charge in [-0.25, -0.2) is 9.97 Å². The lowest BCUT2D eigenvalue weighted by molar-refractivity contribution is -0.383. The molecule has 8 heteroatoms. The van der Waals surface area contributed by atoms with Crippen molar-refractivity contribution in [1.29, 1.82) is 0 Å². The van der Waals surface area contributed by atoms with Crippen LogP contribution in [-0.2, 0) is 0 Å². The summed E-state index contributed by atoms with van der Waals surface area (Å²) >= 11 is 0. The van der Waals surface area contributed by atoms with Crippen LogP contribution < -0.4 is 10.2 Å². The molecule has 1 atom stereocenters. The van der Waals surface area contributed by atoms with Crippen LogP contribution in [0.1, 0.15) is 20.3 Å². The molecule has 1 unspecified atom stereocenters. The van der Waals surface area contributed by atoms with Crippen LogP contribution in [0.5, 0.6) is 0 Å². The average molecular weight is 267 g/mol. The van der Waals surface area contributed by atoms with Gasteiger partial charge in [0.25, 0.3) is 0 Å². The van der Waals surface area contributed by atoms with Crippen LogP contribution in [0.25, 0.3) is 0 Å². The summed E-state index contributed by atoms with van der Waals surface area (Å²) in [6.45, 7) is 4.96. The number of aromatic nitrogens is 2. The van der Waals surface area contributed by atoms with E-state index in [1.807, 2.05) is 6.92 Å². The zero-order valence-corrected chi connectivity index (χ0v) is 11.0. The summed E-state index contributed by atoms with van der Waals surface area (Å²) in [5, 5.41) is 24.0. The Bertz CT molecular complexity index is 491. The van der Waals surface area contributed by atoms with Crippen molar-refractivity contribution >= 4 is 17.3 Å². The fourth-order valence-corrected chi connectivity index (χ4v) is 2.19. The minimum Gasteiger partial charge on any atom is -0.388 e. The molecule has 1 aliphatic rings. The van der Waals surface area contributed by atoms with Crippen LogP contribution >= 0.6 is 0 Å². The maximum absolute atomic E-state index is 11.2. The number of rotatable bonds is 4. The lowest BCUT2D eigenvalue weighted by Crippen LogP contribution is -2.30. The Morgan fingerprint density at radius 3 is 2.89 bits per heavy atom. The molecule has 1 fully saturated rings. The molecule has 2 heterocycles. The molecule has 2 rings (SSSR count). The molecule has 8 nitrogen and oxygen atoms in total. The van der Waals surface area contributed by atoms with Crippen molar-refractivity contribution in [3.63, 3.8) is 0 Å². The first-order chi connectivity index (χ1) is 8.94. The zero-order valence-electron chi connectivity index (χ0n) is 11.0. The number of hydrogen-bond acceptors (Lipinski definition) is 7. The van der Waals surface area contributed by atoms with Crippen molar-refractivity contribution in [3.05, 3.63) is 16.4 Å². The maximum atomic E-state index is 11.2. The van der Waals surface area contributed by atoms with Crippen LogP contribution in [0.4, 0.5) is 17.3 Å². The van der Waals surface area contributed by atoms with E-state index in [0.717, 1.165) is 0 Å². The Labute approximate surface area is 110 Å². The SMILES string of the molecule is CCNc1ncnc(N2CCC(C)(O)C2)c1[N+](=O)[O-]. The summed E-state index contributed by atoms with van der Waals surface area (Å²) in [4.78, 5) is 20.4. The van der Waals surface area contributed by atoms with E-state index in [9.17, 15) is 15.2 Å². The number of nitro groups is 1. The van der Waals surface area contributed by atoms with E-state index in [1.165, 1.54) is 6.33 Å². The molecule has 1 saturated heterocycles. The van der Waals surface area contributed by atoms with E-state index in [0.29, 0.717) is 26.1 Å². The normalized spacial score (nSPS) is 22.6. The van der Waals surface area contributed by atoms with Gasteiger partial charge in [-0.15, -0.1) is 0 Å². The fraction of sp³-hybridized carbons (Fsp3) is 0.636. The third-order valence-electron chi connectivity index (χ3n) is 3.08. The molecule has 1 aromatic rings. The smallest absolute Gasteiger partial charge is 0.353 e. The Morgan fingerprint density at radius 2 is 2.37 bits per heavy atom. The summed E-state index contributed by atoms with van der Waals surface area (Å²) in [6, 6.07) is 0. The quantitative estimate of drug-likeness (QED) is 0.613. The summed E-state index contributed by atoms with van der Waals surface area (Å²) in [7, 11) is 0. The zero-order chi connectivity index (χ0) is 14.0. The van der Waals surface area contributed by atoms with Crippen LogP contribution in [0, 0.1) is 10.1 Å². The Kier molecular flexibility index (Phi) is 3.52. The van der Waals surface area contributed by atoms with E-state index in [1.54, 1.807) is 11.8 Å². The molecule has 0 spiro atoms. The topological polar surface area (TPSA) is 104 Å². The number of hydrogen-bond donors (Lipinski definition) is 2. The molecule has 104 valence electrons. The highest BCUT2D eigenvalue weighted by atomic mass is 16.6. The summed E-state index contributed by atoms with van der Waals surface area (Å²) in [5.41, 5.74) is -0.973. The number of nitrogens with one attached hydrogen (secondary N) is 1. The van der Waals surface area contributed by atoms with Crippen molar-refractivity contribution < 1.29 is 10.0 Å². The van der Waals surface area contributed by atoms with Crippen molar-refractivity contribution in [2.24, 2.45) is 0 Å². The molecular formula is C11H17N5O3. The van der Waals surface area contributed by atoms with Crippen LogP contribution in [0.2, 0.25) is 0 Å². The standard InChI is InChI=1S/C11H17N5O3/c1-3-12-9-8(16(18)19)10(14-7-13-9)15-5-4-11(2,17)6-15/h7,17H,3-6H2,1-2H3,(H,12,13,14). The molecule has 1 aromatic heterocycles. The van der Waals surface area contributed by atoms with E-state index >= 15 is 0 Å². The van der Waals surface area contributed by atoms with Gasteiger partial charge in [0.1, 0.15) is 6.33 Å². The van der Waals surface area contributed by atoms with Gasteiger partial charge in [0.05, 0.1) is 10.5 Å². The van der Waals surface area contributed by atoms with Gasteiger partial charge in [-0.1, -0.05) is 0 Å². The summed E-state index contributed by atoms with van der Waals surface area (Å²) in [5.74, 6) is 0.470. The predicted molar refractivity (Wildman–Crippen MR) is 70.3 cm³/mol. The molecular weight excluding hydrogens is 250 g/mol. The number of β-amino-alcohol motifs (C(OH)–C–C–N with tert-alkyl or cyclic N) is 1. The van der Waals surface area contributed by atoms with Gasteiger partial charge in [0.2, 0.25) is 11.6 Å². The minimum absolute atomic E-state index is 0.137. The largest absolute Gasteiger partial charge is 0.388 e. The third kappa shape index (κ3) is 2.73. The highest BCUT2D eigenvalue weighted by molar-refractivity contribution is 5.70. The van der Waals surface area contributed by atoms with Crippen LogP contribution in [0.3, 0.4) is 0 Å². The van der Waals surface area contributed by atoms with Crippen molar-refractivity contribution in [3.8, 4) is 0 Å². The van der Waals surface area contributed by atoms with Gasteiger partial charge < -0.3 is 15.3 Å². The number of anilines is 2.